The lowest BCUT2D eigenvalue weighted by molar-refractivity contribution is -0.143. The molecule has 2 rings (SSSR count). The fourth-order valence-electron chi connectivity index (χ4n) is 4.77. The van der Waals surface area contributed by atoms with Crippen LogP contribution in [0.4, 0.5) is 0 Å². The molecule has 0 atom stereocenters. The lowest BCUT2D eigenvalue weighted by Gasteiger charge is -2.30. The van der Waals surface area contributed by atoms with Gasteiger partial charge in [0.2, 0.25) is 0 Å². The van der Waals surface area contributed by atoms with Crippen molar-refractivity contribution < 1.29 is 9.90 Å². The van der Waals surface area contributed by atoms with Crippen LogP contribution < -0.4 is 17.0 Å². The summed E-state index contributed by atoms with van der Waals surface area (Å²) in [6, 6.07) is 4.18. The van der Waals surface area contributed by atoms with Gasteiger partial charge in [0.15, 0.2) is 5.84 Å². The molecule has 1 fully saturated rings. The van der Waals surface area contributed by atoms with Crippen LogP contribution >= 0.6 is 0 Å². The highest BCUT2D eigenvalue weighted by molar-refractivity contribution is 6.00. The average molecular weight is 511 g/mol. The SMILES string of the molecule is C=C(/C=C(/CC(C)C)N(N)CC)C(=C)N/C(=N\N)c1cc(C)c(CCN2CCC(C(=O)O)CC2)c(C)c1. The maximum absolute atomic E-state index is 11.2. The van der Waals surface area contributed by atoms with Crippen molar-refractivity contribution in [3.63, 3.8) is 0 Å². The summed E-state index contributed by atoms with van der Waals surface area (Å²) in [6.07, 6.45) is 5.16. The van der Waals surface area contributed by atoms with E-state index in [0.29, 0.717) is 24.0 Å². The highest BCUT2D eigenvalue weighted by Crippen LogP contribution is 2.22. The number of hydrogen-bond donors (Lipinski definition) is 4. The third-order valence-corrected chi connectivity index (χ3v) is 7.04. The summed E-state index contributed by atoms with van der Waals surface area (Å²) in [6.45, 7) is 22.1. The summed E-state index contributed by atoms with van der Waals surface area (Å²) >= 11 is 0. The molecule has 0 spiro atoms. The van der Waals surface area contributed by atoms with Crippen molar-refractivity contribution in [2.45, 2.75) is 60.3 Å². The Balaban J connectivity index is 2.08. The first kappa shape index (κ1) is 30.1. The summed E-state index contributed by atoms with van der Waals surface area (Å²) in [5, 5.41) is 18.2. The number of hydrazone groups is 1. The summed E-state index contributed by atoms with van der Waals surface area (Å²) in [5.74, 6) is 12.1. The number of nitrogens with zero attached hydrogens (tertiary/aromatic N) is 3. The molecule has 37 heavy (non-hydrogen) atoms. The second kappa shape index (κ2) is 14.0. The van der Waals surface area contributed by atoms with Gasteiger partial charge in [0.1, 0.15) is 0 Å². The number of allylic oxidation sites excluding steroid dienone is 2. The van der Waals surface area contributed by atoms with Gasteiger partial charge in [0, 0.05) is 30.0 Å². The largest absolute Gasteiger partial charge is 0.481 e. The number of aryl methyl sites for hydroxylation is 2. The normalized spacial score (nSPS) is 15.6. The zero-order valence-electron chi connectivity index (χ0n) is 23.3. The summed E-state index contributed by atoms with van der Waals surface area (Å²) in [7, 11) is 0. The van der Waals surface area contributed by atoms with Gasteiger partial charge >= 0.3 is 5.97 Å². The molecule has 1 saturated heterocycles. The van der Waals surface area contributed by atoms with E-state index in [4.69, 9.17) is 11.7 Å². The Labute approximate surface area is 222 Å². The van der Waals surface area contributed by atoms with Crippen molar-refractivity contribution in [1.29, 1.82) is 0 Å². The predicted molar refractivity (Wildman–Crippen MR) is 153 cm³/mol. The molecule has 8 heteroatoms. The number of carbonyl (C=O) groups is 1. The van der Waals surface area contributed by atoms with Crippen LogP contribution in [0, 0.1) is 25.7 Å². The molecule has 204 valence electrons. The van der Waals surface area contributed by atoms with Gasteiger partial charge in [-0.1, -0.05) is 27.0 Å². The maximum atomic E-state index is 11.2. The van der Waals surface area contributed by atoms with Crippen molar-refractivity contribution in [2.75, 3.05) is 26.2 Å². The molecule has 0 aromatic heterocycles. The monoisotopic (exact) mass is 510 g/mol. The van der Waals surface area contributed by atoms with Gasteiger partial charge in [-0.15, -0.1) is 0 Å². The molecule has 8 nitrogen and oxygen atoms in total. The minimum atomic E-state index is -0.673. The zero-order valence-corrected chi connectivity index (χ0v) is 23.3. The number of benzene rings is 1. The number of rotatable bonds is 12. The van der Waals surface area contributed by atoms with Crippen molar-refractivity contribution in [1.82, 2.24) is 15.2 Å². The smallest absolute Gasteiger partial charge is 0.306 e. The van der Waals surface area contributed by atoms with E-state index in [-0.39, 0.29) is 5.92 Å². The van der Waals surface area contributed by atoms with E-state index < -0.39 is 5.97 Å². The van der Waals surface area contributed by atoms with Crippen molar-refractivity contribution in [2.24, 2.45) is 28.6 Å². The van der Waals surface area contributed by atoms with Gasteiger partial charge in [0.25, 0.3) is 0 Å². The summed E-state index contributed by atoms with van der Waals surface area (Å²) < 4.78 is 0. The third-order valence-electron chi connectivity index (χ3n) is 7.04. The number of hydrogen-bond acceptors (Lipinski definition) is 6. The number of aliphatic carboxylic acids is 1. The Morgan fingerprint density at radius 3 is 2.35 bits per heavy atom. The average Bonchev–Trinajstić information content (AvgIpc) is 2.85. The fourth-order valence-corrected chi connectivity index (χ4v) is 4.77. The molecule has 1 aromatic carbocycles. The Kier molecular flexibility index (Phi) is 11.4. The lowest BCUT2D eigenvalue weighted by atomic mass is 9.94. The van der Waals surface area contributed by atoms with Crippen molar-refractivity contribution in [3.05, 3.63) is 70.6 Å². The number of amidine groups is 1. The molecule has 1 aliphatic heterocycles. The van der Waals surface area contributed by atoms with E-state index in [1.54, 1.807) is 5.01 Å². The quantitative estimate of drug-likeness (QED) is 0.110. The Morgan fingerprint density at radius 2 is 1.86 bits per heavy atom. The van der Waals surface area contributed by atoms with Crippen LogP contribution in [0.3, 0.4) is 0 Å². The Hall–Kier alpha value is -3.10. The maximum Gasteiger partial charge on any atom is 0.306 e. The van der Waals surface area contributed by atoms with Crippen LogP contribution in [-0.2, 0) is 11.2 Å². The molecule has 1 aliphatic rings. The van der Waals surface area contributed by atoms with E-state index in [1.165, 1.54) is 16.7 Å². The molecule has 0 saturated carbocycles. The van der Waals surface area contributed by atoms with Crippen LogP contribution in [0.15, 0.2) is 53.4 Å². The predicted octanol–water partition coefficient (Wildman–Crippen LogP) is 4.05. The highest BCUT2D eigenvalue weighted by Gasteiger charge is 2.24. The minimum Gasteiger partial charge on any atom is -0.481 e. The molecule has 0 radical (unpaired) electrons. The topological polar surface area (TPSA) is 120 Å². The third kappa shape index (κ3) is 8.76. The van der Waals surface area contributed by atoms with E-state index in [9.17, 15) is 9.90 Å². The van der Waals surface area contributed by atoms with Gasteiger partial charge in [-0.2, -0.15) is 5.10 Å². The van der Waals surface area contributed by atoms with Crippen LogP contribution in [0.1, 0.15) is 62.3 Å². The summed E-state index contributed by atoms with van der Waals surface area (Å²) in [5.41, 5.74) is 6.86. The van der Waals surface area contributed by atoms with Crippen LogP contribution in [0.5, 0.6) is 0 Å². The zero-order chi connectivity index (χ0) is 27.7. The first-order valence-corrected chi connectivity index (χ1v) is 13.2. The number of carboxylic acids is 1. The van der Waals surface area contributed by atoms with Gasteiger partial charge in [0.05, 0.1) is 5.92 Å². The van der Waals surface area contributed by atoms with Gasteiger partial charge in [-0.3, -0.25) is 4.79 Å². The van der Waals surface area contributed by atoms with Gasteiger partial charge < -0.3 is 26.2 Å². The minimum absolute atomic E-state index is 0.204. The number of nitrogens with two attached hydrogens (primary N) is 2. The van der Waals surface area contributed by atoms with E-state index in [2.05, 4.69) is 68.3 Å². The van der Waals surface area contributed by atoms with Crippen molar-refractivity contribution in [3.8, 4) is 0 Å². The molecule has 0 bridgehead atoms. The summed E-state index contributed by atoms with van der Waals surface area (Å²) in [4.78, 5) is 13.6. The van der Waals surface area contributed by atoms with Crippen LogP contribution in [0.25, 0.3) is 0 Å². The van der Waals surface area contributed by atoms with E-state index in [1.807, 2.05) is 13.0 Å². The van der Waals surface area contributed by atoms with Gasteiger partial charge in [-0.05, 0) is 106 Å². The first-order valence-electron chi connectivity index (χ1n) is 13.2. The number of piperidine rings is 1. The molecular weight excluding hydrogens is 464 g/mol. The standard InChI is InChI=1S/C29H46N6O2/c1-8-35(31)26(15-19(2)3)18-20(4)23(7)32-28(33-30)25-16-21(5)27(22(6)17-25)11-14-34-12-9-24(10-13-34)29(36)37/h16-19,24H,4,7-15,30-31H2,1-3,5-6H3,(H,32,33)(H,36,37)/b26-18-. The number of nitrogens with one attached hydrogen (secondary N) is 1. The Morgan fingerprint density at radius 1 is 1.27 bits per heavy atom. The van der Waals surface area contributed by atoms with Gasteiger partial charge in [-0.25, -0.2) is 5.84 Å². The van der Waals surface area contributed by atoms with E-state index >= 15 is 0 Å². The Bertz CT molecular complexity index is 1010. The molecule has 1 heterocycles. The fraction of sp³-hybridized carbons (Fsp3) is 0.517. The highest BCUT2D eigenvalue weighted by atomic mass is 16.4. The number of hydrazine groups is 1. The second-order valence-corrected chi connectivity index (χ2v) is 10.4. The molecular formula is C29H46N6O2. The molecule has 1 aromatic rings. The first-order chi connectivity index (χ1) is 17.5. The van der Waals surface area contributed by atoms with Crippen LogP contribution in [0.2, 0.25) is 0 Å². The molecule has 0 amide bonds. The van der Waals surface area contributed by atoms with Crippen molar-refractivity contribution >= 4 is 11.8 Å². The lowest BCUT2D eigenvalue weighted by Crippen LogP contribution is -2.37. The molecule has 0 aliphatic carbocycles. The second-order valence-electron chi connectivity index (χ2n) is 10.4. The molecule has 6 N–H and O–H groups in total. The number of carboxylic acid groups (broad SMARTS) is 1. The van der Waals surface area contributed by atoms with Crippen LogP contribution in [-0.4, -0.2) is 53.0 Å². The van der Waals surface area contributed by atoms with E-state index in [0.717, 1.165) is 62.2 Å². The number of likely N-dealkylation sites (tertiary alicyclic amines) is 1. The molecule has 0 unspecified atom stereocenters.